The summed E-state index contributed by atoms with van der Waals surface area (Å²) < 4.78 is 11.0. The van der Waals surface area contributed by atoms with Crippen LogP contribution in [0.5, 0.6) is 11.5 Å². The largest absolute Gasteiger partial charge is 0.457 e. The summed E-state index contributed by atoms with van der Waals surface area (Å²) in [6.45, 7) is 4.72. The molecule has 2 amide bonds. The van der Waals surface area contributed by atoms with Crippen LogP contribution >= 0.6 is 0 Å². The van der Waals surface area contributed by atoms with Crippen molar-refractivity contribution in [3.8, 4) is 17.6 Å². The van der Waals surface area contributed by atoms with Gasteiger partial charge < -0.3 is 20.1 Å². The van der Waals surface area contributed by atoms with E-state index in [1.54, 1.807) is 48.5 Å². The second kappa shape index (κ2) is 9.57. The Bertz CT molecular complexity index is 778. The van der Waals surface area contributed by atoms with Gasteiger partial charge in [-0.25, -0.2) is 4.79 Å². The summed E-state index contributed by atoms with van der Waals surface area (Å²) in [6, 6.07) is 15.8. The first-order valence-electron chi connectivity index (χ1n) is 8.86. The number of nitrogens with one attached hydrogen (secondary N) is 2. The van der Waals surface area contributed by atoms with Crippen molar-refractivity contribution in [3.63, 3.8) is 0 Å². The molecule has 0 saturated carbocycles. The number of ether oxygens (including phenoxy) is 2. The molecule has 1 fully saturated rings. The van der Waals surface area contributed by atoms with E-state index in [4.69, 9.17) is 14.7 Å². The first-order valence-corrected chi connectivity index (χ1v) is 8.86. The number of rotatable bonds is 6. The first kappa shape index (κ1) is 18.7. The lowest BCUT2D eigenvalue weighted by Crippen LogP contribution is -2.42. The van der Waals surface area contributed by atoms with Crippen LogP contribution in [0.15, 0.2) is 48.5 Å². The van der Waals surface area contributed by atoms with Crippen molar-refractivity contribution in [2.45, 2.75) is 0 Å². The molecule has 0 spiro atoms. The van der Waals surface area contributed by atoms with E-state index in [1.165, 1.54) is 0 Å². The SMILES string of the molecule is N#Cc1ccc(Oc2ccc(NC(=O)NCCN3CCOCC3)cc2)cc1. The van der Waals surface area contributed by atoms with E-state index in [0.29, 0.717) is 29.3 Å². The van der Waals surface area contributed by atoms with Gasteiger partial charge in [-0.05, 0) is 48.5 Å². The van der Waals surface area contributed by atoms with Crippen LogP contribution < -0.4 is 15.4 Å². The van der Waals surface area contributed by atoms with Crippen molar-refractivity contribution < 1.29 is 14.3 Å². The molecule has 2 aromatic carbocycles. The summed E-state index contributed by atoms with van der Waals surface area (Å²) in [5.74, 6) is 1.30. The highest BCUT2D eigenvalue weighted by Crippen LogP contribution is 2.23. The molecule has 140 valence electrons. The number of nitrogens with zero attached hydrogens (tertiary/aromatic N) is 2. The van der Waals surface area contributed by atoms with Gasteiger partial charge in [0.1, 0.15) is 11.5 Å². The van der Waals surface area contributed by atoms with Gasteiger partial charge in [-0.3, -0.25) is 4.90 Å². The van der Waals surface area contributed by atoms with Gasteiger partial charge in [0, 0.05) is 31.9 Å². The van der Waals surface area contributed by atoms with Crippen LogP contribution in [-0.4, -0.2) is 50.3 Å². The minimum Gasteiger partial charge on any atom is -0.457 e. The molecule has 0 atom stereocenters. The minimum absolute atomic E-state index is 0.232. The maximum Gasteiger partial charge on any atom is 0.319 e. The Labute approximate surface area is 158 Å². The van der Waals surface area contributed by atoms with E-state index in [9.17, 15) is 4.79 Å². The Morgan fingerprint density at radius 1 is 1.07 bits per heavy atom. The summed E-state index contributed by atoms with van der Waals surface area (Å²) >= 11 is 0. The van der Waals surface area contributed by atoms with Crippen LogP contribution in [0.4, 0.5) is 10.5 Å². The smallest absolute Gasteiger partial charge is 0.319 e. The molecular formula is C20H22N4O3. The van der Waals surface area contributed by atoms with Crippen molar-refractivity contribution in [1.82, 2.24) is 10.2 Å². The van der Waals surface area contributed by atoms with Gasteiger partial charge in [0.05, 0.1) is 24.8 Å². The fraction of sp³-hybridized carbons (Fsp3) is 0.300. The quantitative estimate of drug-likeness (QED) is 0.821. The molecular weight excluding hydrogens is 344 g/mol. The van der Waals surface area contributed by atoms with Gasteiger partial charge in [0.2, 0.25) is 0 Å². The zero-order valence-electron chi connectivity index (χ0n) is 15.0. The number of amides is 2. The van der Waals surface area contributed by atoms with Crippen molar-refractivity contribution >= 4 is 11.7 Å². The standard InChI is InChI=1S/C20H22N4O3/c21-15-16-1-5-18(6-2-16)27-19-7-3-17(4-8-19)23-20(25)22-9-10-24-11-13-26-14-12-24/h1-8H,9-14H2,(H2,22,23,25). The zero-order chi connectivity index (χ0) is 18.9. The summed E-state index contributed by atoms with van der Waals surface area (Å²) in [4.78, 5) is 14.2. The van der Waals surface area contributed by atoms with Crippen LogP contribution in [0.1, 0.15) is 5.56 Å². The van der Waals surface area contributed by atoms with Crippen molar-refractivity contribution in [3.05, 3.63) is 54.1 Å². The third-order valence-corrected chi connectivity index (χ3v) is 4.15. The van der Waals surface area contributed by atoms with Crippen LogP contribution in [0.2, 0.25) is 0 Å². The molecule has 1 heterocycles. The highest BCUT2D eigenvalue weighted by molar-refractivity contribution is 5.89. The number of hydrogen-bond acceptors (Lipinski definition) is 5. The summed E-state index contributed by atoms with van der Waals surface area (Å²) in [7, 11) is 0. The molecule has 2 N–H and O–H groups in total. The topological polar surface area (TPSA) is 86.6 Å². The monoisotopic (exact) mass is 366 g/mol. The number of carbonyl (C=O) groups is 1. The van der Waals surface area contributed by atoms with E-state index in [1.807, 2.05) is 0 Å². The lowest BCUT2D eigenvalue weighted by atomic mass is 10.2. The summed E-state index contributed by atoms with van der Waals surface area (Å²) in [6.07, 6.45) is 0. The highest BCUT2D eigenvalue weighted by atomic mass is 16.5. The highest BCUT2D eigenvalue weighted by Gasteiger charge is 2.10. The molecule has 7 heteroatoms. The van der Waals surface area contributed by atoms with Crippen molar-refractivity contribution in [2.75, 3.05) is 44.7 Å². The molecule has 1 aliphatic heterocycles. The van der Waals surface area contributed by atoms with E-state index >= 15 is 0 Å². The average Bonchev–Trinajstić information content (AvgIpc) is 2.71. The predicted octanol–water partition coefficient (Wildman–Crippen LogP) is 2.80. The molecule has 0 aliphatic carbocycles. The molecule has 0 radical (unpaired) electrons. The molecule has 1 saturated heterocycles. The Morgan fingerprint density at radius 3 is 2.33 bits per heavy atom. The number of benzene rings is 2. The lowest BCUT2D eigenvalue weighted by molar-refractivity contribution is 0.0388. The van der Waals surface area contributed by atoms with E-state index in [-0.39, 0.29) is 6.03 Å². The molecule has 0 unspecified atom stereocenters. The number of urea groups is 1. The number of anilines is 1. The molecule has 0 bridgehead atoms. The van der Waals surface area contributed by atoms with Gasteiger partial charge in [-0.15, -0.1) is 0 Å². The number of carbonyl (C=O) groups excluding carboxylic acids is 1. The molecule has 1 aliphatic rings. The number of morpholine rings is 1. The molecule has 27 heavy (non-hydrogen) atoms. The van der Waals surface area contributed by atoms with Crippen LogP contribution in [0.3, 0.4) is 0 Å². The third kappa shape index (κ3) is 5.99. The number of hydrogen-bond donors (Lipinski definition) is 2. The fourth-order valence-electron chi connectivity index (χ4n) is 2.67. The molecule has 2 aromatic rings. The van der Waals surface area contributed by atoms with Crippen LogP contribution in [-0.2, 0) is 4.74 Å². The van der Waals surface area contributed by atoms with E-state index < -0.39 is 0 Å². The van der Waals surface area contributed by atoms with Crippen molar-refractivity contribution in [2.24, 2.45) is 0 Å². The van der Waals surface area contributed by atoms with E-state index in [2.05, 4.69) is 21.6 Å². The average molecular weight is 366 g/mol. The van der Waals surface area contributed by atoms with Gasteiger partial charge in [-0.2, -0.15) is 5.26 Å². The Kier molecular flexibility index (Phi) is 6.63. The normalized spacial score (nSPS) is 14.2. The number of nitriles is 1. The fourth-order valence-corrected chi connectivity index (χ4v) is 2.67. The van der Waals surface area contributed by atoms with Gasteiger partial charge in [-0.1, -0.05) is 0 Å². The third-order valence-electron chi connectivity index (χ3n) is 4.15. The maximum absolute atomic E-state index is 12.0. The van der Waals surface area contributed by atoms with Crippen LogP contribution in [0.25, 0.3) is 0 Å². The second-order valence-electron chi connectivity index (χ2n) is 6.10. The Balaban J connectivity index is 1.42. The Morgan fingerprint density at radius 2 is 1.70 bits per heavy atom. The van der Waals surface area contributed by atoms with Gasteiger partial charge >= 0.3 is 6.03 Å². The summed E-state index contributed by atoms with van der Waals surface area (Å²) in [5.41, 5.74) is 1.27. The molecule has 3 rings (SSSR count). The maximum atomic E-state index is 12.0. The van der Waals surface area contributed by atoms with Crippen LogP contribution in [0, 0.1) is 11.3 Å². The van der Waals surface area contributed by atoms with Crippen molar-refractivity contribution in [1.29, 1.82) is 5.26 Å². The first-order chi connectivity index (χ1) is 13.2. The lowest BCUT2D eigenvalue weighted by Gasteiger charge is -2.26. The second-order valence-corrected chi connectivity index (χ2v) is 6.10. The predicted molar refractivity (Wildman–Crippen MR) is 102 cm³/mol. The van der Waals surface area contributed by atoms with Gasteiger partial charge in [0.15, 0.2) is 0 Å². The minimum atomic E-state index is -0.232. The molecule has 7 nitrogen and oxygen atoms in total. The summed E-state index contributed by atoms with van der Waals surface area (Å²) in [5, 5.41) is 14.5. The van der Waals surface area contributed by atoms with Gasteiger partial charge in [0.25, 0.3) is 0 Å². The Hall–Kier alpha value is -3.08. The molecule has 0 aromatic heterocycles. The zero-order valence-corrected chi connectivity index (χ0v) is 15.0. The van der Waals surface area contributed by atoms with E-state index in [0.717, 1.165) is 32.8 Å².